The first-order chi connectivity index (χ1) is 9.56. The van der Waals surface area contributed by atoms with Crippen LogP contribution in [0.5, 0.6) is 0 Å². The van der Waals surface area contributed by atoms with Crippen molar-refractivity contribution >= 4 is 23.6 Å². The summed E-state index contributed by atoms with van der Waals surface area (Å²) < 4.78 is 0. The average Bonchev–Trinajstić information content (AvgIpc) is 2.43. The van der Waals surface area contributed by atoms with Crippen LogP contribution in [0.1, 0.15) is 46.5 Å². The lowest BCUT2D eigenvalue weighted by molar-refractivity contribution is -0.154. The van der Waals surface area contributed by atoms with E-state index in [2.05, 4.69) is 12.2 Å². The lowest BCUT2D eigenvalue weighted by Crippen LogP contribution is -2.67. The van der Waals surface area contributed by atoms with Gasteiger partial charge in [0.05, 0.1) is 0 Å². The van der Waals surface area contributed by atoms with Gasteiger partial charge in [-0.05, 0) is 30.9 Å². The standard InChI is InChI=1S/C15H26N2O2S/c1-4-6-12-15(19)17(11-7-5-8-20-9-11)13(10(2)3)14(18)16-12/h10-13H,4-9H2,1-3H3,(H,16,18). The number of nitrogens with one attached hydrogen (secondary N) is 1. The Bertz CT molecular complexity index is 367. The molecule has 0 aliphatic carbocycles. The van der Waals surface area contributed by atoms with E-state index in [9.17, 15) is 9.59 Å². The first-order valence-electron chi connectivity index (χ1n) is 7.76. The van der Waals surface area contributed by atoms with E-state index in [0.717, 1.165) is 31.4 Å². The zero-order chi connectivity index (χ0) is 14.7. The number of carbonyl (C=O) groups excluding carboxylic acids is 2. The van der Waals surface area contributed by atoms with E-state index in [1.807, 2.05) is 30.5 Å². The third-order valence-electron chi connectivity index (χ3n) is 4.18. The van der Waals surface area contributed by atoms with E-state index < -0.39 is 0 Å². The predicted molar refractivity (Wildman–Crippen MR) is 82.7 cm³/mol. The van der Waals surface area contributed by atoms with E-state index in [0.29, 0.717) is 0 Å². The fraction of sp³-hybridized carbons (Fsp3) is 0.867. The highest BCUT2D eigenvalue weighted by Gasteiger charge is 2.44. The molecule has 2 fully saturated rings. The maximum absolute atomic E-state index is 12.8. The van der Waals surface area contributed by atoms with Crippen LogP contribution in [0.3, 0.4) is 0 Å². The molecule has 0 spiro atoms. The Morgan fingerprint density at radius 1 is 1.40 bits per heavy atom. The van der Waals surface area contributed by atoms with Crippen molar-refractivity contribution in [1.29, 1.82) is 0 Å². The van der Waals surface area contributed by atoms with Gasteiger partial charge in [-0.3, -0.25) is 9.59 Å². The molecule has 3 atom stereocenters. The summed E-state index contributed by atoms with van der Waals surface area (Å²) in [5.74, 6) is 2.48. The lowest BCUT2D eigenvalue weighted by Gasteiger charge is -2.46. The Morgan fingerprint density at radius 3 is 2.70 bits per heavy atom. The Hall–Kier alpha value is -0.710. The van der Waals surface area contributed by atoms with Crippen molar-refractivity contribution in [2.75, 3.05) is 11.5 Å². The molecule has 4 nitrogen and oxygen atoms in total. The van der Waals surface area contributed by atoms with Crippen LogP contribution in [-0.4, -0.2) is 46.3 Å². The molecule has 0 aromatic rings. The van der Waals surface area contributed by atoms with Gasteiger partial charge in [-0.15, -0.1) is 0 Å². The second kappa shape index (κ2) is 6.83. The molecule has 3 unspecified atom stereocenters. The van der Waals surface area contributed by atoms with Crippen LogP contribution < -0.4 is 5.32 Å². The molecule has 0 aromatic carbocycles. The maximum Gasteiger partial charge on any atom is 0.246 e. The Balaban J connectivity index is 2.23. The molecule has 20 heavy (non-hydrogen) atoms. The number of hydrogen-bond acceptors (Lipinski definition) is 3. The first-order valence-corrected chi connectivity index (χ1v) is 8.92. The number of rotatable bonds is 4. The summed E-state index contributed by atoms with van der Waals surface area (Å²) in [4.78, 5) is 27.1. The van der Waals surface area contributed by atoms with Gasteiger partial charge in [-0.2, -0.15) is 11.8 Å². The number of piperazine rings is 1. The van der Waals surface area contributed by atoms with Crippen LogP contribution in [0.25, 0.3) is 0 Å². The summed E-state index contributed by atoms with van der Waals surface area (Å²) in [7, 11) is 0. The number of nitrogens with zero attached hydrogens (tertiary/aromatic N) is 1. The summed E-state index contributed by atoms with van der Waals surface area (Å²) in [6.45, 7) is 6.11. The largest absolute Gasteiger partial charge is 0.342 e. The van der Waals surface area contributed by atoms with Crippen molar-refractivity contribution in [2.24, 2.45) is 5.92 Å². The van der Waals surface area contributed by atoms with Gasteiger partial charge in [-0.1, -0.05) is 27.2 Å². The molecule has 0 saturated carbocycles. The summed E-state index contributed by atoms with van der Waals surface area (Å²) in [5, 5.41) is 2.93. The molecule has 1 N–H and O–H groups in total. The SMILES string of the molecule is CCCC1NC(=O)C(C(C)C)N(C2CCCSC2)C1=O. The minimum Gasteiger partial charge on any atom is -0.342 e. The fourth-order valence-electron chi connectivity index (χ4n) is 3.22. The van der Waals surface area contributed by atoms with Gasteiger partial charge in [-0.25, -0.2) is 0 Å². The van der Waals surface area contributed by atoms with Crippen LogP contribution in [-0.2, 0) is 9.59 Å². The van der Waals surface area contributed by atoms with Crippen LogP contribution in [0.2, 0.25) is 0 Å². The zero-order valence-corrected chi connectivity index (χ0v) is 13.5. The molecule has 2 saturated heterocycles. The smallest absolute Gasteiger partial charge is 0.246 e. The van der Waals surface area contributed by atoms with Crippen molar-refractivity contribution in [3.05, 3.63) is 0 Å². The van der Waals surface area contributed by atoms with E-state index in [1.54, 1.807) is 0 Å². The highest BCUT2D eigenvalue weighted by molar-refractivity contribution is 7.99. The first kappa shape index (κ1) is 15.7. The van der Waals surface area contributed by atoms with Crippen LogP contribution >= 0.6 is 11.8 Å². The molecule has 0 radical (unpaired) electrons. The molecular weight excluding hydrogens is 272 g/mol. The molecule has 0 bridgehead atoms. The molecule has 2 amide bonds. The van der Waals surface area contributed by atoms with Crippen molar-refractivity contribution in [3.63, 3.8) is 0 Å². The van der Waals surface area contributed by atoms with Gasteiger partial charge in [0.25, 0.3) is 0 Å². The second-order valence-electron chi connectivity index (χ2n) is 6.16. The molecule has 2 aliphatic heterocycles. The summed E-state index contributed by atoms with van der Waals surface area (Å²) in [5.41, 5.74) is 0. The Labute approximate surface area is 126 Å². The Kier molecular flexibility index (Phi) is 5.35. The van der Waals surface area contributed by atoms with Crippen molar-refractivity contribution < 1.29 is 9.59 Å². The van der Waals surface area contributed by atoms with Gasteiger partial charge < -0.3 is 10.2 Å². The van der Waals surface area contributed by atoms with Gasteiger partial charge in [0.15, 0.2) is 0 Å². The predicted octanol–water partition coefficient (Wildman–Crippen LogP) is 2.03. The van der Waals surface area contributed by atoms with E-state index in [-0.39, 0.29) is 35.9 Å². The van der Waals surface area contributed by atoms with Crippen LogP contribution in [0.15, 0.2) is 0 Å². The number of amides is 2. The van der Waals surface area contributed by atoms with Gasteiger partial charge in [0.2, 0.25) is 11.8 Å². The maximum atomic E-state index is 12.8. The van der Waals surface area contributed by atoms with Crippen LogP contribution in [0.4, 0.5) is 0 Å². The highest BCUT2D eigenvalue weighted by atomic mass is 32.2. The normalized spacial score (nSPS) is 31.6. The third-order valence-corrected chi connectivity index (χ3v) is 5.37. The van der Waals surface area contributed by atoms with E-state index >= 15 is 0 Å². The summed E-state index contributed by atoms with van der Waals surface area (Å²) >= 11 is 1.90. The topological polar surface area (TPSA) is 49.4 Å². The molecular formula is C15H26N2O2S. The van der Waals surface area contributed by atoms with Gasteiger partial charge in [0, 0.05) is 11.8 Å². The summed E-state index contributed by atoms with van der Waals surface area (Å²) in [6, 6.07) is -0.368. The molecule has 114 valence electrons. The lowest BCUT2D eigenvalue weighted by atomic mass is 9.93. The zero-order valence-electron chi connectivity index (χ0n) is 12.7. The molecule has 2 aliphatic rings. The molecule has 2 heterocycles. The molecule has 2 rings (SSSR count). The van der Waals surface area contributed by atoms with Crippen molar-refractivity contribution in [1.82, 2.24) is 10.2 Å². The minimum atomic E-state index is -0.311. The van der Waals surface area contributed by atoms with E-state index in [4.69, 9.17) is 0 Å². The van der Waals surface area contributed by atoms with Crippen molar-refractivity contribution in [2.45, 2.75) is 64.6 Å². The highest BCUT2D eigenvalue weighted by Crippen LogP contribution is 2.28. The van der Waals surface area contributed by atoms with Crippen molar-refractivity contribution in [3.8, 4) is 0 Å². The molecule has 0 aromatic heterocycles. The number of thioether (sulfide) groups is 1. The van der Waals surface area contributed by atoms with Crippen LogP contribution in [0, 0.1) is 5.92 Å². The fourth-order valence-corrected chi connectivity index (χ4v) is 4.36. The average molecular weight is 298 g/mol. The van der Waals surface area contributed by atoms with E-state index in [1.165, 1.54) is 5.75 Å². The number of carbonyl (C=O) groups is 2. The summed E-state index contributed by atoms with van der Waals surface area (Å²) in [6.07, 6.45) is 3.83. The van der Waals surface area contributed by atoms with Gasteiger partial charge in [0.1, 0.15) is 12.1 Å². The second-order valence-corrected chi connectivity index (χ2v) is 7.31. The third kappa shape index (κ3) is 3.13. The van der Waals surface area contributed by atoms with Gasteiger partial charge >= 0.3 is 0 Å². The monoisotopic (exact) mass is 298 g/mol. The quantitative estimate of drug-likeness (QED) is 0.864. The number of hydrogen-bond donors (Lipinski definition) is 1. The minimum absolute atomic E-state index is 0.0358. The molecule has 5 heteroatoms. The Morgan fingerprint density at radius 2 is 2.15 bits per heavy atom.